The van der Waals surface area contributed by atoms with Gasteiger partial charge in [0.2, 0.25) is 5.91 Å². The van der Waals surface area contributed by atoms with Gasteiger partial charge < -0.3 is 10.4 Å². The topological polar surface area (TPSA) is 66.4 Å². The molecule has 21 heavy (non-hydrogen) atoms. The normalized spacial score (nSPS) is 22.1. The van der Waals surface area contributed by atoms with Crippen LogP contribution in [0, 0.1) is 11.8 Å². The highest BCUT2D eigenvalue weighted by Crippen LogP contribution is 2.28. The molecule has 0 unspecified atom stereocenters. The fraction of sp³-hybridized carbons (Fsp3) is 0.412. The van der Waals surface area contributed by atoms with E-state index in [0.29, 0.717) is 12.5 Å². The Balaban J connectivity index is 1.70. The summed E-state index contributed by atoms with van der Waals surface area (Å²) < 4.78 is 0. The first-order valence-electron chi connectivity index (χ1n) is 7.39. The van der Waals surface area contributed by atoms with Gasteiger partial charge in [-0.1, -0.05) is 30.3 Å². The number of carboxylic acid groups (broad SMARTS) is 1. The van der Waals surface area contributed by atoms with Gasteiger partial charge in [-0.15, -0.1) is 0 Å². The quantitative estimate of drug-likeness (QED) is 0.818. The van der Waals surface area contributed by atoms with Crippen molar-refractivity contribution in [1.82, 2.24) is 5.32 Å². The summed E-state index contributed by atoms with van der Waals surface area (Å²) in [6.45, 7) is 0.629. The molecule has 1 saturated carbocycles. The Bertz CT molecular complexity index is 502. The maximum atomic E-state index is 11.7. The second-order valence-corrected chi connectivity index (χ2v) is 5.55. The molecule has 0 aliphatic heterocycles. The van der Waals surface area contributed by atoms with Gasteiger partial charge in [0.25, 0.3) is 0 Å². The molecule has 1 fully saturated rings. The maximum absolute atomic E-state index is 11.7. The Morgan fingerprint density at radius 1 is 1.14 bits per heavy atom. The Morgan fingerprint density at radius 2 is 1.81 bits per heavy atom. The highest BCUT2D eigenvalue weighted by atomic mass is 16.4. The van der Waals surface area contributed by atoms with Crippen molar-refractivity contribution in [1.29, 1.82) is 0 Å². The molecule has 112 valence electrons. The zero-order valence-corrected chi connectivity index (χ0v) is 12.0. The zero-order chi connectivity index (χ0) is 15.1. The third-order valence-electron chi connectivity index (χ3n) is 3.99. The molecule has 1 aromatic rings. The van der Waals surface area contributed by atoms with E-state index in [2.05, 4.69) is 5.32 Å². The Morgan fingerprint density at radius 3 is 2.43 bits per heavy atom. The first-order valence-corrected chi connectivity index (χ1v) is 7.39. The lowest BCUT2D eigenvalue weighted by Gasteiger charge is -2.25. The molecule has 1 aliphatic rings. The van der Waals surface area contributed by atoms with Crippen molar-refractivity contribution >= 4 is 18.0 Å². The molecule has 0 bridgehead atoms. The Hall–Kier alpha value is -2.10. The van der Waals surface area contributed by atoms with Gasteiger partial charge in [0.05, 0.1) is 5.92 Å². The van der Waals surface area contributed by atoms with Crippen molar-refractivity contribution in [3.05, 3.63) is 42.0 Å². The van der Waals surface area contributed by atoms with Crippen LogP contribution in [-0.4, -0.2) is 23.5 Å². The molecule has 0 radical (unpaired) electrons. The van der Waals surface area contributed by atoms with Crippen LogP contribution in [0.5, 0.6) is 0 Å². The first-order chi connectivity index (χ1) is 10.1. The highest BCUT2D eigenvalue weighted by Gasteiger charge is 2.25. The smallest absolute Gasteiger partial charge is 0.306 e. The number of aliphatic carboxylic acids is 1. The van der Waals surface area contributed by atoms with Crippen LogP contribution in [0.4, 0.5) is 0 Å². The first kappa shape index (κ1) is 15.3. The summed E-state index contributed by atoms with van der Waals surface area (Å²) in [5.74, 6) is -0.591. The molecule has 0 heterocycles. The Kier molecular flexibility index (Phi) is 5.55. The highest BCUT2D eigenvalue weighted by molar-refractivity contribution is 5.91. The molecular weight excluding hydrogens is 266 g/mol. The van der Waals surface area contributed by atoms with Crippen LogP contribution >= 0.6 is 0 Å². The van der Waals surface area contributed by atoms with Crippen LogP contribution in [0.1, 0.15) is 31.2 Å². The van der Waals surface area contributed by atoms with Crippen molar-refractivity contribution < 1.29 is 14.7 Å². The summed E-state index contributed by atoms with van der Waals surface area (Å²) in [6, 6.07) is 9.68. The van der Waals surface area contributed by atoms with Crippen LogP contribution in [0.25, 0.3) is 6.08 Å². The van der Waals surface area contributed by atoms with E-state index >= 15 is 0 Å². The molecule has 4 heteroatoms. The van der Waals surface area contributed by atoms with Crippen molar-refractivity contribution in [2.24, 2.45) is 11.8 Å². The van der Waals surface area contributed by atoms with Crippen molar-refractivity contribution in [2.45, 2.75) is 25.7 Å². The number of rotatable bonds is 5. The lowest BCUT2D eigenvalue weighted by molar-refractivity contribution is -0.143. The van der Waals surface area contributed by atoms with Crippen LogP contribution in [0.3, 0.4) is 0 Å². The molecular formula is C17H21NO3. The predicted molar refractivity (Wildman–Crippen MR) is 81.6 cm³/mol. The Labute approximate surface area is 124 Å². The molecule has 0 atom stereocenters. The van der Waals surface area contributed by atoms with E-state index in [0.717, 1.165) is 31.2 Å². The summed E-state index contributed by atoms with van der Waals surface area (Å²) in [5.41, 5.74) is 0.995. The molecule has 1 aromatic carbocycles. The van der Waals surface area contributed by atoms with Crippen molar-refractivity contribution in [2.75, 3.05) is 6.54 Å². The van der Waals surface area contributed by atoms with E-state index < -0.39 is 5.97 Å². The van der Waals surface area contributed by atoms with Gasteiger partial charge in [-0.2, -0.15) is 0 Å². The number of carbonyl (C=O) groups excluding carboxylic acids is 1. The molecule has 0 saturated heterocycles. The maximum Gasteiger partial charge on any atom is 0.306 e. The summed E-state index contributed by atoms with van der Waals surface area (Å²) in [7, 11) is 0. The van der Waals surface area contributed by atoms with E-state index in [1.54, 1.807) is 6.08 Å². The van der Waals surface area contributed by atoms with Crippen molar-refractivity contribution in [3.8, 4) is 0 Å². The standard InChI is InChI=1S/C17H21NO3/c19-16(11-8-13-4-2-1-3-5-13)18-12-14-6-9-15(10-7-14)17(20)21/h1-5,8,11,14-15H,6-7,9-10,12H2,(H,18,19)(H,20,21). The van der Waals surface area contributed by atoms with Gasteiger partial charge in [0, 0.05) is 12.6 Å². The largest absolute Gasteiger partial charge is 0.481 e. The lowest BCUT2D eigenvalue weighted by Crippen LogP contribution is -2.31. The summed E-state index contributed by atoms with van der Waals surface area (Å²) in [4.78, 5) is 22.6. The van der Waals surface area contributed by atoms with Gasteiger partial charge >= 0.3 is 5.97 Å². The number of hydrogen-bond donors (Lipinski definition) is 2. The van der Waals surface area contributed by atoms with E-state index in [1.807, 2.05) is 30.3 Å². The molecule has 2 N–H and O–H groups in total. The third kappa shape index (κ3) is 5.06. The molecule has 1 aliphatic carbocycles. The average Bonchev–Trinajstić information content (AvgIpc) is 2.52. The fourth-order valence-electron chi connectivity index (χ4n) is 2.65. The van der Waals surface area contributed by atoms with Gasteiger partial charge in [-0.3, -0.25) is 9.59 Å². The number of amides is 1. The third-order valence-corrected chi connectivity index (χ3v) is 3.99. The molecule has 0 spiro atoms. The van der Waals surface area contributed by atoms with Gasteiger partial charge in [0.1, 0.15) is 0 Å². The molecule has 0 aromatic heterocycles. The minimum absolute atomic E-state index is 0.0980. The van der Waals surface area contributed by atoms with Crippen LogP contribution in [-0.2, 0) is 9.59 Å². The SMILES string of the molecule is O=C(C=Cc1ccccc1)NCC1CCC(C(=O)O)CC1. The van der Waals surface area contributed by atoms with Gasteiger partial charge in [-0.05, 0) is 43.2 Å². The second-order valence-electron chi connectivity index (χ2n) is 5.55. The minimum Gasteiger partial charge on any atom is -0.481 e. The van der Waals surface area contributed by atoms with Crippen LogP contribution in [0.15, 0.2) is 36.4 Å². The molecule has 2 rings (SSSR count). The van der Waals surface area contributed by atoms with Crippen molar-refractivity contribution in [3.63, 3.8) is 0 Å². The fourth-order valence-corrected chi connectivity index (χ4v) is 2.65. The zero-order valence-electron chi connectivity index (χ0n) is 12.0. The number of nitrogens with one attached hydrogen (secondary N) is 1. The van der Waals surface area contributed by atoms with Crippen LogP contribution < -0.4 is 5.32 Å². The van der Waals surface area contributed by atoms with E-state index in [1.165, 1.54) is 6.08 Å². The number of hydrogen-bond acceptors (Lipinski definition) is 2. The van der Waals surface area contributed by atoms with Crippen LogP contribution in [0.2, 0.25) is 0 Å². The number of carbonyl (C=O) groups is 2. The van der Waals surface area contributed by atoms with E-state index in [4.69, 9.17) is 5.11 Å². The average molecular weight is 287 g/mol. The summed E-state index contributed by atoms with van der Waals surface area (Å²) >= 11 is 0. The summed E-state index contributed by atoms with van der Waals surface area (Å²) in [6.07, 6.45) is 6.51. The van der Waals surface area contributed by atoms with E-state index in [-0.39, 0.29) is 11.8 Å². The number of benzene rings is 1. The minimum atomic E-state index is -0.691. The predicted octanol–water partition coefficient (Wildman–Crippen LogP) is 2.71. The molecule has 1 amide bonds. The molecule has 4 nitrogen and oxygen atoms in total. The lowest BCUT2D eigenvalue weighted by atomic mass is 9.82. The van der Waals surface area contributed by atoms with E-state index in [9.17, 15) is 9.59 Å². The van der Waals surface area contributed by atoms with Gasteiger partial charge in [-0.25, -0.2) is 0 Å². The number of carboxylic acids is 1. The second kappa shape index (κ2) is 7.62. The van der Waals surface area contributed by atoms with Gasteiger partial charge in [0.15, 0.2) is 0 Å². The summed E-state index contributed by atoms with van der Waals surface area (Å²) in [5, 5.41) is 11.8. The monoisotopic (exact) mass is 287 g/mol.